The van der Waals surface area contributed by atoms with Gasteiger partial charge in [-0.2, -0.15) is 0 Å². The molecule has 8 nitrogen and oxygen atoms in total. The van der Waals surface area contributed by atoms with Crippen molar-refractivity contribution in [3.8, 4) is 5.75 Å². The van der Waals surface area contributed by atoms with E-state index < -0.39 is 52.3 Å². The van der Waals surface area contributed by atoms with Crippen LogP contribution in [0.4, 0.5) is 8.78 Å². The van der Waals surface area contributed by atoms with Gasteiger partial charge in [0.15, 0.2) is 11.4 Å². The van der Waals surface area contributed by atoms with Crippen LogP contribution >= 0.6 is 0 Å². The molecule has 10 heteroatoms. The number of carbonyl (C=O) groups excluding carboxylic acids is 2. The van der Waals surface area contributed by atoms with Crippen molar-refractivity contribution in [1.82, 2.24) is 14.9 Å². The molecule has 0 radical (unpaired) electrons. The van der Waals surface area contributed by atoms with Crippen molar-refractivity contribution in [2.24, 2.45) is 0 Å². The Labute approximate surface area is 188 Å². The lowest BCUT2D eigenvalue weighted by Gasteiger charge is -2.45. The van der Waals surface area contributed by atoms with Gasteiger partial charge < -0.3 is 15.3 Å². The number of amides is 2. The number of benzene rings is 1. The lowest BCUT2D eigenvalue weighted by atomic mass is 10.0. The highest BCUT2D eigenvalue weighted by Gasteiger charge is 2.41. The minimum Gasteiger partial charge on any atom is -0.502 e. The van der Waals surface area contributed by atoms with Crippen LogP contribution in [0.3, 0.4) is 0 Å². The lowest BCUT2D eigenvalue weighted by molar-refractivity contribution is 0.0641. The van der Waals surface area contributed by atoms with Crippen LogP contribution in [0.2, 0.25) is 0 Å². The fourth-order valence-electron chi connectivity index (χ4n) is 4.05. The highest BCUT2D eigenvalue weighted by molar-refractivity contribution is 5.99. The molecular weight excluding hydrogens is 434 g/mol. The van der Waals surface area contributed by atoms with Crippen LogP contribution in [0.15, 0.2) is 35.3 Å². The molecule has 2 aliphatic rings. The molecule has 2 amide bonds. The predicted octanol–water partition coefficient (Wildman–Crippen LogP) is 2.16. The van der Waals surface area contributed by atoms with Crippen LogP contribution in [0.25, 0.3) is 0 Å². The number of aromatic hydroxyl groups is 1. The zero-order chi connectivity index (χ0) is 24.2. The second-order valence-electron chi connectivity index (χ2n) is 8.87. The topological polar surface area (TPSA) is 94.9 Å². The maximum absolute atomic E-state index is 14.1. The van der Waals surface area contributed by atoms with Crippen molar-refractivity contribution in [1.29, 1.82) is 0 Å². The van der Waals surface area contributed by atoms with Crippen molar-refractivity contribution in [3.63, 3.8) is 0 Å². The van der Waals surface area contributed by atoms with E-state index in [0.29, 0.717) is 5.56 Å². The van der Waals surface area contributed by atoms with E-state index in [1.165, 1.54) is 22.7 Å². The van der Waals surface area contributed by atoms with Gasteiger partial charge in [0.05, 0.1) is 5.54 Å². The van der Waals surface area contributed by atoms with E-state index in [2.05, 4.69) is 5.32 Å². The van der Waals surface area contributed by atoms with Gasteiger partial charge in [0.25, 0.3) is 11.8 Å². The maximum Gasteiger partial charge on any atom is 0.278 e. The Kier molecular flexibility index (Phi) is 5.26. The van der Waals surface area contributed by atoms with Crippen LogP contribution in [-0.2, 0) is 6.54 Å². The van der Waals surface area contributed by atoms with E-state index >= 15 is 0 Å². The third-order valence-electron chi connectivity index (χ3n) is 6.07. The molecule has 2 aromatic rings. The highest BCUT2D eigenvalue weighted by Crippen LogP contribution is 2.30. The zero-order valence-corrected chi connectivity index (χ0v) is 18.6. The van der Waals surface area contributed by atoms with Gasteiger partial charge in [0.2, 0.25) is 5.43 Å². The normalized spacial score (nSPS) is 18.7. The number of halogens is 2. The average molecular weight is 458 g/mol. The summed E-state index contributed by atoms with van der Waals surface area (Å²) in [5.74, 6) is -3.99. The minimum absolute atomic E-state index is 0.163. The third kappa shape index (κ3) is 3.65. The molecule has 174 valence electrons. The second kappa shape index (κ2) is 7.72. The number of fused-ring (bicyclic) bond motifs is 4. The van der Waals surface area contributed by atoms with Crippen molar-refractivity contribution in [3.05, 3.63) is 74.7 Å². The molecule has 4 rings (SSSR count). The summed E-state index contributed by atoms with van der Waals surface area (Å²) >= 11 is 0. The molecule has 2 bridgehead atoms. The average Bonchev–Trinajstić information content (AvgIpc) is 2.83. The molecule has 0 fully saturated rings. The molecule has 0 spiro atoms. The third-order valence-corrected chi connectivity index (χ3v) is 6.07. The number of hydrogen-bond acceptors (Lipinski definition) is 5. The number of nitrogens with one attached hydrogen (secondary N) is 1. The first kappa shape index (κ1) is 22.5. The Balaban J connectivity index is 1.74. The van der Waals surface area contributed by atoms with Crippen LogP contribution in [0.1, 0.15) is 52.7 Å². The van der Waals surface area contributed by atoms with E-state index in [1.54, 1.807) is 5.01 Å². The Bertz CT molecular complexity index is 1240. The Morgan fingerprint density at radius 1 is 1.24 bits per heavy atom. The van der Waals surface area contributed by atoms with E-state index in [9.17, 15) is 28.3 Å². The highest BCUT2D eigenvalue weighted by atomic mass is 19.1. The summed E-state index contributed by atoms with van der Waals surface area (Å²) in [5.41, 5.74) is -2.34. The lowest BCUT2D eigenvalue weighted by Crippen LogP contribution is -2.61. The largest absolute Gasteiger partial charge is 0.502 e. The summed E-state index contributed by atoms with van der Waals surface area (Å²) in [6.45, 7) is 6.79. The van der Waals surface area contributed by atoms with Gasteiger partial charge in [-0.25, -0.2) is 8.78 Å². The van der Waals surface area contributed by atoms with Gasteiger partial charge in [0.1, 0.15) is 23.9 Å². The summed E-state index contributed by atoms with van der Waals surface area (Å²) < 4.78 is 29.5. The van der Waals surface area contributed by atoms with Crippen LogP contribution < -0.4 is 15.8 Å². The number of carbonyl (C=O) groups is 2. The van der Waals surface area contributed by atoms with Crippen LogP contribution in [0.5, 0.6) is 5.75 Å². The SMILES string of the molecule is Cc1cc(F)c(CNC(=O)c2cn3c(c(O)c2=O)C(=O)N2CN3C(C)(C)C=C[C@@H]2C)c(F)c1. The quantitative estimate of drug-likeness (QED) is 0.688. The fourth-order valence-corrected chi connectivity index (χ4v) is 4.05. The number of aromatic nitrogens is 1. The van der Waals surface area contributed by atoms with Gasteiger partial charge in [-0.05, 0) is 45.4 Å². The second-order valence-corrected chi connectivity index (χ2v) is 8.87. The predicted molar refractivity (Wildman–Crippen MR) is 117 cm³/mol. The zero-order valence-electron chi connectivity index (χ0n) is 18.6. The molecule has 1 atom stereocenters. The Morgan fingerprint density at radius 2 is 1.88 bits per heavy atom. The minimum atomic E-state index is -1.04. The molecule has 33 heavy (non-hydrogen) atoms. The first-order chi connectivity index (χ1) is 15.4. The summed E-state index contributed by atoms with van der Waals surface area (Å²) in [6, 6.07) is 2.00. The summed E-state index contributed by atoms with van der Waals surface area (Å²) in [7, 11) is 0. The number of rotatable bonds is 3. The van der Waals surface area contributed by atoms with E-state index in [0.717, 1.165) is 12.1 Å². The van der Waals surface area contributed by atoms with Crippen molar-refractivity contribution >= 4 is 11.8 Å². The van der Waals surface area contributed by atoms with E-state index in [4.69, 9.17) is 0 Å². The molecule has 3 heterocycles. The van der Waals surface area contributed by atoms with Crippen LogP contribution in [0, 0.1) is 18.6 Å². The standard InChI is InChI=1S/C23H24F2N4O4/c1-12-7-16(24)14(17(25)8-12)9-26-21(32)15-10-28-18(20(31)19(15)30)22(33)27-11-29(28)23(3,4)6-5-13(27)2/h5-8,10,13,31H,9,11H2,1-4H3,(H,26,32)/t13-/m0/s1. The smallest absolute Gasteiger partial charge is 0.278 e. The van der Waals surface area contributed by atoms with Crippen molar-refractivity contribution in [2.75, 3.05) is 11.7 Å². The molecule has 0 unspecified atom stereocenters. The summed E-state index contributed by atoms with van der Waals surface area (Å²) in [5, 5.41) is 14.7. The van der Waals surface area contributed by atoms with Crippen molar-refractivity contribution < 1.29 is 23.5 Å². The van der Waals surface area contributed by atoms with E-state index in [-0.39, 0.29) is 24.0 Å². The molecule has 2 aliphatic heterocycles. The first-order valence-corrected chi connectivity index (χ1v) is 10.4. The monoisotopic (exact) mass is 458 g/mol. The molecule has 0 saturated heterocycles. The summed E-state index contributed by atoms with van der Waals surface area (Å²) in [6.07, 6.45) is 4.94. The van der Waals surface area contributed by atoms with Gasteiger partial charge in [-0.1, -0.05) is 12.2 Å². The van der Waals surface area contributed by atoms with Crippen LogP contribution in [-0.4, -0.2) is 44.7 Å². The maximum atomic E-state index is 14.1. The molecule has 2 N–H and O–H groups in total. The summed E-state index contributed by atoms with van der Waals surface area (Å²) in [4.78, 5) is 40.1. The molecule has 0 aliphatic carbocycles. The van der Waals surface area contributed by atoms with Gasteiger partial charge in [0, 0.05) is 24.3 Å². The molecular formula is C23H24F2N4O4. The molecule has 0 saturated carbocycles. The van der Waals surface area contributed by atoms with Gasteiger partial charge in [-0.15, -0.1) is 0 Å². The number of aryl methyl sites for hydroxylation is 1. The van der Waals surface area contributed by atoms with Crippen molar-refractivity contribution in [2.45, 2.75) is 45.8 Å². The molecule has 1 aromatic carbocycles. The fraction of sp³-hybridized carbons (Fsp3) is 0.348. The Morgan fingerprint density at radius 3 is 2.52 bits per heavy atom. The molecule has 1 aromatic heterocycles. The Hall–Kier alpha value is -3.69. The number of nitrogens with zero attached hydrogens (tertiary/aromatic N) is 3. The number of hydrogen-bond donors (Lipinski definition) is 2. The van der Waals surface area contributed by atoms with Gasteiger partial charge >= 0.3 is 0 Å². The van der Waals surface area contributed by atoms with Gasteiger partial charge in [-0.3, -0.25) is 24.1 Å². The number of pyridine rings is 1. The first-order valence-electron chi connectivity index (χ1n) is 10.4. The van der Waals surface area contributed by atoms with E-state index in [1.807, 2.05) is 32.9 Å².